The van der Waals surface area contributed by atoms with Crippen LogP contribution in [0, 0.1) is 0 Å². The summed E-state index contributed by atoms with van der Waals surface area (Å²) >= 11 is 6.50. The van der Waals surface area contributed by atoms with Crippen molar-refractivity contribution in [2.24, 2.45) is 0 Å². The minimum Gasteiger partial charge on any atom is -0.496 e. The summed E-state index contributed by atoms with van der Waals surface area (Å²) in [6, 6.07) is 12.6. The smallest absolute Gasteiger partial charge is 0.259 e. The Bertz CT molecular complexity index is 879. The van der Waals surface area contributed by atoms with Gasteiger partial charge < -0.3 is 19.9 Å². The fourth-order valence-electron chi connectivity index (χ4n) is 3.44. The van der Waals surface area contributed by atoms with Crippen LogP contribution in [0.4, 0.5) is 11.4 Å². The number of hydrogen-bond acceptors (Lipinski definition) is 4. The molecule has 2 aromatic rings. The number of carbonyl (C=O) groups is 2. The molecule has 2 aromatic carbocycles. The van der Waals surface area contributed by atoms with Crippen LogP contribution in [-0.4, -0.2) is 50.0 Å². The van der Waals surface area contributed by atoms with E-state index in [0.29, 0.717) is 41.5 Å². The molecule has 1 aliphatic heterocycles. The Balaban J connectivity index is 1.65. The average molecular weight is 416 g/mol. The summed E-state index contributed by atoms with van der Waals surface area (Å²) in [5, 5.41) is 3.43. The van der Waals surface area contributed by atoms with Crippen molar-refractivity contribution in [3.8, 4) is 5.75 Å². The fraction of sp³-hybridized carbons (Fsp3) is 0.364. The van der Waals surface area contributed by atoms with Gasteiger partial charge in [0.15, 0.2) is 0 Å². The van der Waals surface area contributed by atoms with Crippen LogP contribution >= 0.6 is 11.6 Å². The number of rotatable bonds is 6. The third-order valence-electron chi connectivity index (χ3n) is 4.99. The van der Waals surface area contributed by atoms with Gasteiger partial charge in [-0.1, -0.05) is 30.7 Å². The molecule has 1 aliphatic rings. The quantitative estimate of drug-likeness (QED) is 0.773. The second-order valence-corrected chi connectivity index (χ2v) is 7.35. The lowest BCUT2D eigenvalue weighted by molar-refractivity contribution is -0.131. The largest absolute Gasteiger partial charge is 0.496 e. The molecule has 6 nitrogen and oxygen atoms in total. The lowest BCUT2D eigenvalue weighted by Crippen LogP contribution is -2.48. The van der Waals surface area contributed by atoms with Crippen LogP contribution in [0.2, 0.25) is 5.02 Å². The first-order chi connectivity index (χ1) is 14.0. The number of ether oxygens (including phenoxy) is 1. The first-order valence-electron chi connectivity index (χ1n) is 9.80. The van der Waals surface area contributed by atoms with E-state index in [1.807, 2.05) is 30.0 Å². The monoisotopic (exact) mass is 415 g/mol. The molecular formula is C22H26ClN3O3. The summed E-state index contributed by atoms with van der Waals surface area (Å²) in [6.45, 7) is 4.88. The van der Waals surface area contributed by atoms with Gasteiger partial charge in [-0.2, -0.15) is 0 Å². The summed E-state index contributed by atoms with van der Waals surface area (Å²) in [6.07, 6.45) is 1.47. The minimum absolute atomic E-state index is 0.215. The number of halogens is 1. The van der Waals surface area contributed by atoms with Gasteiger partial charge >= 0.3 is 0 Å². The number of anilines is 2. The molecule has 3 rings (SSSR count). The van der Waals surface area contributed by atoms with Crippen LogP contribution in [0.15, 0.2) is 42.5 Å². The summed E-state index contributed by atoms with van der Waals surface area (Å²) in [5.41, 5.74) is 1.99. The number of para-hydroxylation sites is 1. The van der Waals surface area contributed by atoms with E-state index in [4.69, 9.17) is 16.3 Å². The number of benzene rings is 2. The second-order valence-electron chi connectivity index (χ2n) is 6.94. The van der Waals surface area contributed by atoms with E-state index in [9.17, 15) is 9.59 Å². The zero-order valence-electron chi connectivity index (χ0n) is 16.8. The Labute approximate surface area is 176 Å². The van der Waals surface area contributed by atoms with Crippen molar-refractivity contribution in [2.75, 3.05) is 43.5 Å². The van der Waals surface area contributed by atoms with Gasteiger partial charge in [0.25, 0.3) is 5.91 Å². The Kier molecular flexibility index (Phi) is 6.99. The maximum Gasteiger partial charge on any atom is 0.259 e. The molecule has 0 bridgehead atoms. The molecule has 1 fully saturated rings. The molecule has 0 radical (unpaired) electrons. The predicted octanol–water partition coefficient (Wildman–Crippen LogP) is 4.05. The molecule has 1 N–H and O–H groups in total. The molecule has 2 amide bonds. The number of carbonyl (C=O) groups excluding carboxylic acids is 2. The van der Waals surface area contributed by atoms with Crippen LogP contribution in [0.1, 0.15) is 30.1 Å². The van der Waals surface area contributed by atoms with Crippen LogP contribution in [0.25, 0.3) is 0 Å². The van der Waals surface area contributed by atoms with E-state index in [0.717, 1.165) is 25.2 Å². The Morgan fingerprint density at radius 3 is 2.48 bits per heavy atom. The molecule has 1 heterocycles. The van der Waals surface area contributed by atoms with Crippen LogP contribution < -0.4 is 15.0 Å². The molecule has 0 aliphatic carbocycles. The molecule has 0 spiro atoms. The summed E-state index contributed by atoms with van der Waals surface area (Å²) in [4.78, 5) is 28.7. The van der Waals surface area contributed by atoms with Gasteiger partial charge in [-0.05, 0) is 36.8 Å². The van der Waals surface area contributed by atoms with Gasteiger partial charge in [-0.3, -0.25) is 9.59 Å². The average Bonchev–Trinajstić information content (AvgIpc) is 2.74. The van der Waals surface area contributed by atoms with Crippen LogP contribution in [0.5, 0.6) is 5.75 Å². The lowest BCUT2D eigenvalue weighted by atomic mass is 10.1. The maximum absolute atomic E-state index is 12.6. The van der Waals surface area contributed by atoms with Crippen molar-refractivity contribution in [3.05, 3.63) is 53.1 Å². The molecule has 1 saturated heterocycles. The SMILES string of the molecule is CCCC(=O)N1CCN(c2ccc(NC(=O)c3ccccc3OC)cc2Cl)CC1. The van der Waals surface area contributed by atoms with Gasteiger partial charge in [-0.25, -0.2) is 0 Å². The summed E-state index contributed by atoms with van der Waals surface area (Å²) in [7, 11) is 1.54. The van der Waals surface area contributed by atoms with Gasteiger partial charge in [0.05, 0.1) is 23.4 Å². The fourth-order valence-corrected chi connectivity index (χ4v) is 3.74. The van der Waals surface area contributed by atoms with Crippen molar-refractivity contribution in [1.82, 2.24) is 4.90 Å². The minimum atomic E-state index is -0.255. The Morgan fingerprint density at radius 2 is 1.83 bits per heavy atom. The van der Waals surface area contributed by atoms with E-state index >= 15 is 0 Å². The highest BCUT2D eigenvalue weighted by molar-refractivity contribution is 6.33. The normalized spacial score (nSPS) is 13.9. The molecule has 0 saturated carbocycles. The zero-order chi connectivity index (χ0) is 20.8. The van der Waals surface area contributed by atoms with E-state index in [1.165, 1.54) is 7.11 Å². The van der Waals surface area contributed by atoms with Crippen molar-refractivity contribution in [2.45, 2.75) is 19.8 Å². The molecular weight excluding hydrogens is 390 g/mol. The molecule has 154 valence electrons. The van der Waals surface area contributed by atoms with Crippen molar-refractivity contribution < 1.29 is 14.3 Å². The molecule has 0 atom stereocenters. The van der Waals surface area contributed by atoms with Gasteiger partial charge in [0, 0.05) is 38.3 Å². The maximum atomic E-state index is 12.6. The third kappa shape index (κ3) is 5.01. The lowest BCUT2D eigenvalue weighted by Gasteiger charge is -2.36. The Hall–Kier alpha value is -2.73. The zero-order valence-corrected chi connectivity index (χ0v) is 17.5. The van der Waals surface area contributed by atoms with E-state index < -0.39 is 0 Å². The molecule has 0 unspecified atom stereocenters. The third-order valence-corrected chi connectivity index (χ3v) is 5.30. The first-order valence-corrected chi connectivity index (χ1v) is 10.2. The standard InChI is InChI=1S/C22H26ClN3O3/c1-3-6-21(27)26-13-11-25(12-14-26)19-10-9-16(15-18(19)23)24-22(28)17-7-4-5-8-20(17)29-2/h4-5,7-10,15H,3,6,11-14H2,1-2H3,(H,24,28). The highest BCUT2D eigenvalue weighted by atomic mass is 35.5. The number of amides is 2. The molecule has 29 heavy (non-hydrogen) atoms. The van der Waals surface area contributed by atoms with Gasteiger partial charge in [-0.15, -0.1) is 0 Å². The molecule has 0 aromatic heterocycles. The van der Waals surface area contributed by atoms with E-state index in [1.54, 1.807) is 24.3 Å². The Morgan fingerprint density at radius 1 is 1.10 bits per heavy atom. The second kappa shape index (κ2) is 9.65. The van der Waals surface area contributed by atoms with Crippen LogP contribution in [0.3, 0.4) is 0 Å². The van der Waals surface area contributed by atoms with Crippen molar-refractivity contribution in [3.63, 3.8) is 0 Å². The van der Waals surface area contributed by atoms with E-state index in [-0.39, 0.29) is 11.8 Å². The first kappa shape index (κ1) is 21.0. The summed E-state index contributed by atoms with van der Waals surface area (Å²) < 4.78 is 5.25. The van der Waals surface area contributed by atoms with Crippen molar-refractivity contribution in [1.29, 1.82) is 0 Å². The number of nitrogens with one attached hydrogen (secondary N) is 1. The van der Waals surface area contributed by atoms with Crippen molar-refractivity contribution >= 4 is 34.8 Å². The van der Waals surface area contributed by atoms with Crippen LogP contribution in [-0.2, 0) is 4.79 Å². The molecule has 7 heteroatoms. The van der Waals surface area contributed by atoms with Gasteiger partial charge in [0.1, 0.15) is 5.75 Å². The number of piperazine rings is 1. The number of nitrogens with zero attached hydrogens (tertiary/aromatic N) is 2. The number of methoxy groups -OCH3 is 1. The number of hydrogen-bond donors (Lipinski definition) is 1. The topological polar surface area (TPSA) is 61.9 Å². The van der Waals surface area contributed by atoms with Gasteiger partial charge in [0.2, 0.25) is 5.91 Å². The summed E-state index contributed by atoms with van der Waals surface area (Å²) in [5.74, 6) is 0.477. The van der Waals surface area contributed by atoms with E-state index in [2.05, 4.69) is 10.2 Å². The predicted molar refractivity (Wildman–Crippen MR) is 116 cm³/mol. The highest BCUT2D eigenvalue weighted by Crippen LogP contribution is 2.30. The highest BCUT2D eigenvalue weighted by Gasteiger charge is 2.22.